The smallest absolute Gasteiger partial charge is 0.255 e. The van der Waals surface area contributed by atoms with Gasteiger partial charge in [-0.15, -0.1) is 0 Å². The lowest BCUT2D eigenvalue weighted by molar-refractivity contribution is 0.0745. The third kappa shape index (κ3) is 2.67. The monoisotopic (exact) mass is 243 g/mol. The lowest BCUT2D eigenvalue weighted by Crippen LogP contribution is -2.34. The molecule has 1 fully saturated rings. The molecule has 1 aliphatic rings. The normalized spacial score (nSPS) is 14.1. The zero-order chi connectivity index (χ0) is 13.1. The van der Waals surface area contributed by atoms with Crippen molar-refractivity contribution in [1.29, 1.82) is 5.26 Å². The number of carbonyl (C=O) groups excluding carboxylic acids is 1. The van der Waals surface area contributed by atoms with Gasteiger partial charge in [0.05, 0.1) is 23.7 Å². The van der Waals surface area contributed by atoms with Crippen LogP contribution in [-0.4, -0.2) is 28.4 Å². The Bertz CT molecular complexity index is 500. The minimum atomic E-state index is 0.0118. The van der Waals surface area contributed by atoms with Gasteiger partial charge in [-0.2, -0.15) is 5.26 Å². The van der Waals surface area contributed by atoms with Gasteiger partial charge in [-0.25, -0.2) is 0 Å². The highest BCUT2D eigenvalue weighted by atomic mass is 16.2. The van der Waals surface area contributed by atoms with Crippen LogP contribution in [0.2, 0.25) is 0 Å². The summed E-state index contributed by atoms with van der Waals surface area (Å²) in [4.78, 5) is 18.6. The molecule has 0 spiro atoms. The highest BCUT2D eigenvalue weighted by molar-refractivity contribution is 5.95. The summed E-state index contributed by atoms with van der Waals surface area (Å²) >= 11 is 0. The maximum absolute atomic E-state index is 12.4. The van der Waals surface area contributed by atoms with Crippen molar-refractivity contribution < 1.29 is 4.79 Å². The van der Waals surface area contributed by atoms with E-state index < -0.39 is 0 Å². The van der Waals surface area contributed by atoms with Crippen LogP contribution in [0.3, 0.4) is 0 Å². The molecule has 2 rings (SSSR count). The van der Waals surface area contributed by atoms with Crippen LogP contribution < -0.4 is 0 Å². The van der Waals surface area contributed by atoms with Crippen molar-refractivity contribution >= 4 is 5.91 Å². The molecule has 1 aromatic rings. The third-order valence-corrected chi connectivity index (χ3v) is 3.17. The van der Waals surface area contributed by atoms with Gasteiger partial charge in [0, 0.05) is 18.3 Å². The Morgan fingerprint density at radius 3 is 2.78 bits per heavy atom. The van der Waals surface area contributed by atoms with E-state index in [1.165, 1.54) is 0 Å². The van der Waals surface area contributed by atoms with E-state index in [1.807, 2.05) is 30.9 Å². The molecule has 94 valence electrons. The minimum Gasteiger partial charge on any atom is -0.335 e. The maximum atomic E-state index is 12.4. The second kappa shape index (κ2) is 5.18. The lowest BCUT2D eigenvalue weighted by Gasteiger charge is -2.22. The van der Waals surface area contributed by atoms with Gasteiger partial charge in [0.15, 0.2) is 0 Å². The summed E-state index contributed by atoms with van der Waals surface area (Å²) in [6, 6.07) is 6.12. The number of aryl methyl sites for hydroxylation is 2. The van der Waals surface area contributed by atoms with Crippen molar-refractivity contribution in [3.8, 4) is 6.07 Å². The quantitative estimate of drug-likeness (QED) is 0.814. The van der Waals surface area contributed by atoms with Crippen LogP contribution in [-0.2, 0) is 0 Å². The van der Waals surface area contributed by atoms with E-state index in [0.29, 0.717) is 24.6 Å². The number of aromatic nitrogens is 1. The first kappa shape index (κ1) is 12.6. The van der Waals surface area contributed by atoms with Crippen molar-refractivity contribution in [3.63, 3.8) is 0 Å². The van der Waals surface area contributed by atoms with Crippen molar-refractivity contribution in [2.75, 3.05) is 6.54 Å². The molecule has 1 saturated carbocycles. The summed E-state index contributed by atoms with van der Waals surface area (Å²) in [5, 5.41) is 8.66. The number of nitriles is 1. The summed E-state index contributed by atoms with van der Waals surface area (Å²) in [5.74, 6) is 0.0118. The van der Waals surface area contributed by atoms with Crippen molar-refractivity contribution in [1.82, 2.24) is 9.88 Å². The lowest BCUT2D eigenvalue weighted by atomic mass is 10.1. The first-order valence-electron chi connectivity index (χ1n) is 6.25. The number of carbonyl (C=O) groups is 1. The van der Waals surface area contributed by atoms with Gasteiger partial charge in [-0.3, -0.25) is 9.78 Å². The Morgan fingerprint density at radius 2 is 2.22 bits per heavy atom. The highest BCUT2D eigenvalue weighted by Gasteiger charge is 2.33. The molecule has 4 heteroatoms. The highest BCUT2D eigenvalue weighted by Crippen LogP contribution is 2.28. The summed E-state index contributed by atoms with van der Waals surface area (Å²) in [7, 11) is 0. The van der Waals surface area contributed by atoms with Gasteiger partial charge in [0.25, 0.3) is 5.91 Å². The van der Waals surface area contributed by atoms with Crippen LogP contribution in [0.1, 0.15) is 41.0 Å². The third-order valence-electron chi connectivity index (χ3n) is 3.17. The van der Waals surface area contributed by atoms with E-state index in [2.05, 4.69) is 11.1 Å². The Morgan fingerprint density at radius 1 is 1.50 bits per heavy atom. The fourth-order valence-electron chi connectivity index (χ4n) is 2.07. The number of hydrogen-bond donors (Lipinski definition) is 0. The predicted octanol–water partition coefficient (Wildman–Crippen LogP) is 2.22. The summed E-state index contributed by atoms with van der Waals surface area (Å²) in [6.45, 7) is 4.29. The number of nitrogens with zero attached hydrogens (tertiary/aromatic N) is 3. The Hall–Kier alpha value is -1.89. The molecule has 0 unspecified atom stereocenters. The molecular formula is C14H17N3O. The van der Waals surface area contributed by atoms with Crippen molar-refractivity contribution in [2.24, 2.45) is 0 Å². The van der Waals surface area contributed by atoms with Crippen LogP contribution in [0, 0.1) is 25.2 Å². The standard InChI is InChI=1S/C14H17N3O/c1-10-4-7-13(11(2)16-10)14(18)17(9-3-8-15)12-5-6-12/h4,7,12H,3,5-6,9H2,1-2H3. The van der Waals surface area contributed by atoms with Crippen LogP contribution in [0.15, 0.2) is 12.1 Å². The number of amides is 1. The molecule has 0 aliphatic heterocycles. The summed E-state index contributed by atoms with van der Waals surface area (Å²) in [5.41, 5.74) is 2.34. The molecule has 0 N–H and O–H groups in total. The number of hydrogen-bond acceptors (Lipinski definition) is 3. The maximum Gasteiger partial charge on any atom is 0.255 e. The molecule has 0 radical (unpaired) electrons. The fraction of sp³-hybridized carbons (Fsp3) is 0.500. The molecule has 0 aromatic carbocycles. The molecule has 1 aliphatic carbocycles. The molecule has 18 heavy (non-hydrogen) atoms. The average Bonchev–Trinajstić information content (AvgIpc) is 3.13. The molecule has 1 aromatic heterocycles. The van der Waals surface area contributed by atoms with Gasteiger partial charge in [-0.05, 0) is 38.8 Å². The topological polar surface area (TPSA) is 57.0 Å². The van der Waals surface area contributed by atoms with Crippen molar-refractivity contribution in [2.45, 2.75) is 39.2 Å². The molecule has 0 bridgehead atoms. The fourth-order valence-corrected chi connectivity index (χ4v) is 2.07. The Balaban J connectivity index is 2.19. The number of pyridine rings is 1. The van der Waals surface area contributed by atoms with E-state index in [-0.39, 0.29) is 5.91 Å². The Labute approximate surface area is 107 Å². The van der Waals surface area contributed by atoms with E-state index in [0.717, 1.165) is 24.2 Å². The molecule has 1 heterocycles. The van der Waals surface area contributed by atoms with E-state index >= 15 is 0 Å². The molecule has 4 nitrogen and oxygen atoms in total. The van der Waals surface area contributed by atoms with Gasteiger partial charge in [0.1, 0.15) is 0 Å². The van der Waals surface area contributed by atoms with Crippen LogP contribution in [0.4, 0.5) is 0 Å². The largest absolute Gasteiger partial charge is 0.335 e. The van der Waals surface area contributed by atoms with Crippen LogP contribution >= 0.6 is 0 Å². The van der Waals surface area contributed by atoms with Gasteiger partial charge in [-0.1, -0.05) is 0 Å². The molecule has 1 amide bonds. The first-order chi connectivity index (χ1) is 8.63. The number of rotatable bonds is 4. The average molecular weight is 243 g/mol. The van der Waals surface area contributed by atoms with Crippen LogP contribution in [0.25, 0.3) is 0 Å². The van der Waals surface area contributed by atoms with E-state index in [1.54, 1.807) is 0 Å². The van der Waals surface area contributed by atoms with Gasteiger partial charge >= 0.3 is 0 Å². The summed E-state index contributed by atoms with van der Waals surface area (Å²) in [6.07, 6.45) is 2.49. The van der Waals surface area contributed by atoms with E-state index in [4.69, 9.17) is 5.26 Å². The minimum absolute atomic E-state index is 0.0118. The SMILES string of the molecule is Cc1ccc(C(=O)N(CCC#N)C2CC2)c(C)n1. The zero-order valence-electron chi connectivity index (χ0n) is 10.8. The molecular weight excluding hydrogens is 226 g/mol. The Kier molecular flexibility index (Phi) is 3.61. The van der Waals surface area contributed by atoms with Crippen LogP contribution in [0.5, 0.6) is 0 Å². The second-order valence-electron chi connectivity index (χ2n) is 4.72. The molecule has 0 saturated heterocycles. The van der Waals surface area contributed by atoms with E-state index in [9.17, 15) is 4.79 Å². The van der Waals surface area contributed by atoms with Crippen molar-refractivity contribution in [3.05, 3.63) is 29.1 Å². The molecule has 0 atom stereocenters. The van der Waals surface area contributed by atoms with Gasteiger partial charge < -0.3 is 4.90 Å². The second-order valence-corrected chi connectivity index (χ2v) is 4.72. The summed E-state index contributed by atoms with van der Waals surface area (Å²) < 4.78 is 0. The predicted molar refractivity (Wildman–Crippen MR) is 68.0 cm³/mol. The van der Waals surface area contributed by atoms with Gasteiger partial charge in [0.2, 0.25) is 0 Å². The first-order valence-corrected chi connectivity index (χ1v) is 6.25. The zero-order valence-corrected chi connectivity index (χ0v) is 10.8.